The number of ether oxygens (including phenoxy) is 1. The van der Waals surface area contributed by atoms with Gasteiger partial charge in [-0.3, -0.25) is 9.59 Å². The summed E-state index contributed by atoms with van der Waals surface area (Å²) in [5, 5.41) is 11.0. The molecule has 142 valence electrons. The third-order valence-electron chi connectivity index (χ3n) is 4.37. The number of unbranched alkanes of at least 4 members (excludes halogenated alkanes) is 3. The van der Waals surface area contributed by atoms with Gasteiger partial charge in [0.2, 0.25) is 11.6 Å². The van der Waals surface area contributed by atoms with Crippen LogP contribution in [0.3, 0.4) is 0 Å². The van der Waals surface area contributed by atoms with E-state index in [4.69, 9.17) is 4.74 Å². The quantitative estimate of drug-likeness (QED) is 0.271. The highest BCUT2D eigenvalue weighted by molar-refractivity contribution is 6.21. The van der Waals surface area contributed by atoms with Crippen LogP contribution >= 0.6 is 0 Å². The summed E-state index contributed by atoms with van der Waals surface area (Å²) < 4.78 is 5.50. The van der Waals surface area contributed by atoms with E-state index in [1.54, 1.807) is 60.7 Å². The molecule has 0 aliphatic rings. The number of ketones is 2. The van der Waals surface area contributed by atoms with Crippen molar-refractivity contribution in [2.75, 3.05) is 6.61 Å². The lowest BCUT2D eigenvalue weighted by atomic mass is 9.94. The van der Waals surface area contributed by atoms with Crippen LogP contribution in [0, 0.1) is 0 Å². The fourth-order valence-corrected chi connectivity index (χ4v) is 2.73. The second-order valence-electron chi connectivity index (χ2n) is 6.40. The summed E-state index contributed by atoms with van der Waals surface area (Å²) in [7, 11) is 0. The zero-order valence-electron chi connectivity index (χ0n) is 15.7. The minimum absolute atomic E-state index is 0.131. The summed E-state index contributed by atoms with van der Waals surface area (Å²) in [4.78, 5) is 25.9. The number of Topliss-reactive ketones (excluding diaryl/α,β-unsaturated/α-hetero) is 2. The van der Waals surface area contributed by atoms with Crippen LogP contribution in [0.2, 0.25) is 0 Å². The Morgan fingerprint density at radius 2 is 1.56 bits per heavy atom. The zero-order valence-corrected chi connectivity index (χ0v) is 15.7. The first kappa shape index (κ1) is 20.7. The Hall–Kier alpha value is -2.56. The van der Waals surface area contributed by atoms with E-state index in [2.05, 4.69) is 13.5 Å². The predicted molar refractivity (Wildman–Crippen MR) is 107 cm³/mol. The van der Waals surface area contributed by atoms with Crippen LogP contribution < -0.4 is 0 Å². The molecule has 4 nitrogen and oxygen atoms in total. The van der Waals surface area contributed by atoms with Gasteiger partial charge in [0, 0.05) is 11.1 Å². The molecule has 27 heavy (non-hydrogen) atoms. The largest absolute Gasteiger partial charge is 0.353 e. The molecule has 0 heterocycles. The van der Waals surface area contributed by atoms with E-state index < -0.39 is 17.4 Å². The smallest absolute Gasteiger partial charge is 0.297 e. The molecule has 0 aliphatic heterocycles. The Bertz CT molecular complexity index is 765. The fraction of sp³-hybridized carbons (Fsp3) is 0.304. The average molecular weight is 366 g/mol. The Kier molecular flexibility index (Phi) is 7.65. The van der Waals surface area contributed by atoms with Crippen molar-refractivity contribution >= 4 is 17.6 Å². The third-order valence-corrected chi connectivity index (χ3v) is 4.37. The highest BCUT2D eigenvalue weighted by atomic mass is 16.6. The molecule has 4 heteroatoms. The van der Waals surface area contributed by atoms with Gasteiger partial charge < -0.3 is 9.84 Å². The first-order valence-electron chi connectivity index (χ1n) is 9.26. The molecule has 0 saturated carbocycles. The predicted octanol–water partition coefficient (Wildman–Crippen LogP) is 4.68. The maximum atomic E-state index is 13.0. The second kappa shape index (κ2) is 9.95. The third kappa shape index (κ3) is 5.22. The van der Waals surface area contributed by atoms with E-state index in [0.717, 1.165) is 24.8 Å². The molecule has 0 radical (unpaired) electrons. The van der Waals surface area contributed by atoms with Gasteiger partial charge in [0.1, 0.15) is 0 Å². The lowest BCUT2D eigenvalue weighted by molar-refractivity contribution is -0.134. The lowest BCUT2D eigenvalue weighted by Gasteiger charge is -2.25. The highest BCUT2D eigenvalue weighted by Crippen LogP contribution is 2.22. The number of carbonyl (C=O) groups is 2. The molecule has 1 atom stereocenters. The molecule has 1 unspecified atom stereocenters. The summed E-state index contributed by atoms with van der Waals surface area (Å²) in [6, 6.07) is 14.8. The van der Waals surface area contributed by atoms with Gasteiger partial charge in [-0.1, -0.05) is 93.4 Å². The Morgan fingerprint density at radius 3 is 2.11 bits per heavy atom. The normalized spacial score (nSPS) is 13.0. The van der Waals surface area contributed by atoms with Crippen LogP contribution in [-0.4, -0.2) is 29.1 Å². The number of aliphatic hydroxyl groups is 1. The molecule has 2 aromatic rings. The van der Waals surface area contributed by atoms with Crippen LogP contribution in [0.4, 0.5) is 0 Å². The van der Waals surface area contributed by atoms with Crippen molar-refractivity contribution in [3.05, 3.63) is 77.9 Å². The van der Waals surface area contributed by atoms with Gasteiger partial charge in [0.05, 0.1) is 6.61 Å². The first-order valence-corrected chi connectivity index (χ1v) is 9.26. The summed E-state index contributed by atoms with van der Waals surface area (Å²) >= 11 is 0. The van der Waals surface area contributed by atoms with Crippen molar-refractivity contribution < 1.29 is 19.4 Å². The van der Waals surface area contributed by atoms with Gasteiger partial charge in [-0.25, -0.2) is 0 Å². The first-order chi connectivity index (χ1) is 13.0. The number of hydrogen-bond acceptors (Lipinski definition) is 4. The molecule has 0 spiro atoms. The zero-order chi connectivity index (χ0) is 19.7. The molecule has 0 bridgehead atoms. The maximum absolute atomic E-state index is 13.0. The topological polar surface area (TPSA) is 63.6 Å². The molecule has 0 fully saturated rings. The SMILES string of the molecule is C=Cc1ccc(C(=O)C(O)(OCCCCCC)C(=O)c2ccccc2)cc1. The van der Waals surface area contributed by atoms with Gasteiger partial charge in [-0.15, -0.1) is 0 Å². The Balaban J connectivity index is 2.28. The van der Waals surface area contributed by atoms with Gasteiger partial charge >= 0.3 is 0 Å². The maximum Gasteiger partial charge on any atom is 0.297 e. The molecule has 0 aromatic heterocycles. The van der Waals surface area contributed by atoms with Crippen molar-refractivity contribution in [1.82, 2.24) is 0 Å². The van der Waals surface area contributed by atoms with E-state index in [1.807, 2.05) is 0 Å². The van der Waals surface area contributed by atoms with E-state index in [9.17, 15) is 14.7 Å². The van der Waals surface area contributed by atoms with Crippen LogP contribution in [0.1, 0.15) is 58.9 Å². The van der Waals surface area contributed by atoms with E-state index in [-0.39, 0.29) is 17.7 Å². The van der Waals surface area contributed by atoms with E-state index in [1.165, 1.54) is 0 Å². The van der Waals surface area contributed by atoms with Gasteiger partial charge in [0.15, 0.2) is 0 Å². The Labute approximate surface area is 160 Å². The van der Waals surface area contributed by atoms with Crippen molar-refractivity contribution in [2.45, 2.75) is 38.4 Å². The number of hydrogen-bond donors (Lipinski definition) is 1. The molecule has 2 rings (SSSR count). The highest BCUT2D eigenvalue weighted by Gasteiger charge is 2.46. The minimum Gasteiger partial charge on any atom is -0.353 e. The second-order valence-corrected chi connectivity index (χ2v) is 6.40. The van der Waals surface area contributed by atoms with Crippen molar-refractivity contribution in [1.29, 1.82) is 0 Å². The van der Waals surface area contributed by atoms with Crippen LogP contribution in [-0.2, 0) is 4.74 Å². The van der Waals surface area contributed by atoms with Crippen LogP contribution in [0.25, 0.3) is 6.08 Å². The average Bonchev–Trinajstić information content (AvgIpc) is 2.73. The number of carbonyl (C=O) groups excluding carboxylic acids is 2. The van der Waals surface area contributed by atoms with E-state index >= 15 is 0 Å². The lowest BCUT2D eigenvalue weighted by Crippen LogP contribution is -2.49. The molecular weight excluding hydrogens is 340 g/mol. The molecule has 2 aromatic carbocycles. The van der Waals surface area contributed by atoms with Crippen LogP contribution in [0.15, 0.2) is 61.2 Å². The van der Waals surface area contributed by atoms with Crippen molar-refractivity contribution in [2.24, 2.45) is 0 Å². The number of benzene rings is 2. The van der Waals surface area contributed by atoms with E-state index in [0.29, 0.717) is 6.42 Å². The summed E-state index contributed by atoms with van der Waals surface area (Å²) in [5.41, 5.74) is 1.27. The van der Waals surface area contributed by atoms with Crippen molar-refractivity contribution in [3.8, 4) is 0 Å². The van der Waals surface area contributed by atoms with Crippen molar-refractivity contribution in [3.63, 3.8) is 0 Å². The number of rotatable bonds is 11. The standard InChI is InChI=1S/C23H26O4/c1-3-5-6-10-17-27-23(26,21(24)19-11-8-7-9-12-19)22(25)20-15-13-18(4-2)14-16-20/h4,7-9,11-16,26H,2-3,5-6,10,17H2,1H3. The van der Waals surface area contributed by atoms with Crippen LogP contribution in [0.5, 0.6) is 0 Å². The molecule has 0 saturated heterocycles. The van der Waals surface area contributed by atoms with Gasteiger partial charge in [-0.2, -0.15) is 0 Å². The molecular formula is C23H26O4. The summed E-state index contributed by atoms with van der Waals surface area (Å²) in [5.74, 6) is -4.05. The van der Waals surface area contributed by atoms with Gasteiger partial charge in [-0.05, 0) is 12.0 Å². The molecule has 0 aliphatic carbocycles. The fourth-order valence-electron chi connectivity index (χ4n) is 2.73. The minimum atomic E-state index is -2.54. The van der Waals surface area contributed by atoms with Gasteiger partial charge in [0.25, 0.3) is 5.79 Å². The monoisotopic (exact) mass is 366 g/mol. The summed E-state index contributed by atoms with van der Waals surface area (Å²) in [6.07, 6.45) is 5.32. The Morgan fingerprint density at radius 1 is 0.963 bits per heavy atom. The molecule has 0 amide bonds. The summed E-state index contributed by atoms with van der Waals surface area (Å²) in [6.45, 7) is 5.89. The molecule has 1 N–H and O–H groups in total.